The van der Waals surface area contributed by atoms with E-state index in [1.165, 1.54) is 103 Å². The number of hydrogen-bond acceptors (Lipinski definition) is 6. The van der Waals surface area contributed by atoms with Gasteiger partial charge in [0, 0.05) is 12.8 Å². The standard InChI is InChI=1S/C57H96O6/c1-4-7-10-13-16-19-22-25-28-30-32-35-38-41-44-47-50-56(59)62-53-54(52-61-55(58)49-46-43-40-37-34-31-27-24-21-18-15-12-9-6-3)63-57(60)51-48-45-42-39-36-33-29-26-23-20-17-14-11-8-5-2/h8,11,17,20,24,26-30,36,39,45,48,54H,4-7,9-10,12-16,18-19,21-23,25,31-35,37-38,40-44,46-47,49-53H2,1-3H3/b11-8-,20-17-,27-24-,29-26-,30-28-,39-36-,48-45-. The van der Waals surface area contributed by atoms with Crippen molar-refractivity contribution >= 4 is 17.9 Å². The van der Waals surface area contributed by atoms with E-state index in [9.17, 15) is 14.4 Å². The Morgan fingerprint density at radius 1 is 0.349 bits per heavy atom. The van der Waals surface area contributed by atoms with E-state index < -0.39 is 12.1 Å². The summed E-state index contributed by atoms with van der Waals surface area (Å²) in [7, 11) is 0. The number of ether oxygens (including phenoxy) is 3. The average Bonchev–Trinajstić information content (AvgIpc) is 3.28. The van der Waals surface area contributed by atoms with Gasteiger partial charge >= 0.3 is 17.9 Å². The van der Waals surface area contributed by atoms with Crippen molar-refractivity contribution in [3.63, 3.8) is 0 Å². The maximum Gasteiger partial charge on any atom is 0.310 e. The number of esters is 3. The Bertz CT molecular complexity index is 1240. The molecule has 0 aliphatic rings. The van der Waals surface area contributed by atoms with Crippen molar-refractivity contribution in [3.8, 4) is 0 Å². The first-order valence-electron chi connectivity index (χ1n) is 26.1. The van der Waals surface area contributed by atoms with E-state index in [0.717, 1.165) is 96.3 Å². The molecule has 0 fully saturated rings. The summed E-state index contributed by atoms with van der Waals surface area (Å²) in [6.07, 6.45) is 65.9. The highest BCUT2D eigenvalue weighted by atomic mass is 16.6. The molecule has 0 aliphatic heterocycles. The van der Waals surface area contributed by atoms with Crippen LogP contribution < -0.4 is 0 Å². The van der Waals surface area contributed by atoms with E-state index in [1.807, 2.05) is 6.08 Å². The minimum absolute atomic E-state index is 0.0930. The van der Waals surface area contributed by atoms with Crippen LogP contribution in [0, 0.1) is 0 Å². The van der Waals surface area contributed by atoms with Gasteiger partial charge < -0.3 is 14.2 Å². The fourth-order valence-electron chi connectivity index (χ4n) is 6.98. The Hall–Kier alpha value is -3.41. The van der Waals surface area contributed by atoms with Crippen LogP contribution >= 0.6 is 0 Å². The molecule has 0 spiro atoms. The van der Waals surface area contributed by atoms with Crippen molar-refractivity contribution in [1.82, 2.24) is 0 Å². The number of allylic oxidation sites excluding steroid dienone is 13. The number of hydrogen-bond donors (Lipinski definition) is 0. The highest BCUT2D eigenvalue weighted by molar-refractivity contribution is 5.72. The molecule has 1 unspecified atom stereocenters. The van der Waals surface area contributed by atoms with Crippen molar-refractivity contribution in [2.45, 2.75) is 245 Å². The molecule has 6 heteroatoms. The average molecular weight is 877 g/mol. The second-order valence-electron chi connectivity index (χ2n) is 17.1. The Morgan fingerprint density at radius 2 is 0.667 bits per heavy atom. The van der Waals surface area contributed by atoms with Gasteiger partial charge in [0.25, 0.3) is 0 Å². The minimum atomic E-state index is -0.837. The van der Waals surface area contributed by atoms with E-state index in [-0.39, 0.29) is 31.6 Å². The fourth-order valence-corrected chi connectivity index (χ4v) is 6.98. The van der Waals surface area contributed by atoms with Crippen molar-refractivity contribution in [3.05, 3.63) is 85.1 Å². The van der Waals surface area contributed by atoms with Crippen molar-refractivity contribution < 1.29 is 28.6 Å². The van der Waals surface area contributed by atoms with E-state index in [2.05, 4.69) is 93.7 Å². The van der Waals surface area contributed by atoms with Crippen LogP contribution in [0.25, 0.3) is 0 Å². The predicted octanol–water partition coefficient (Wildman–Crippen LogP) is 17.2. The lowest BCUT2D eigenvalue weighted by Crippen LogP contribution is -2.30. The number of rotatable bonds is 46. The largest absolute Gasteiger partial charge is 0.462 e. The maximum absolute atomic E-state index is 12.7. The highest BCUT2D eigenvalue weighted by Gasteiger charge is 2.19. The zero-order valence-electron chi connectivity index (χ0n) is 41.1. The van der Waals surface area contributed by atoms with Crippen molar-refractivity contribution in [2.24, 2.45) is 0 Å². The van der Waals surface area contributed by atoms with Crippen LogP contribution in [0.3, 0.4) is 0 Å². The molecule has 63 heavy (non-hydrogen) atoms. The summed E-state index contributed by atoms with van der Waals surface area (Å²) in [5.74, 6) is -1.07. The van der Waals surface area contributed by atoms with E-state index in [4.69, 9.17) is 14.2 Å². The first-order valence-corrected chi connectivity index (χ1v) is 26.1. The molecule has 0 saturated carbocycles. The number of carbonyl (C=O) groups excluding carboxylic acids is 3. The quantitative estimate of drug-likeness (QED) is 0.0262. The molecule has 0 radical (unpaired) electrons. The summed E-state index contributed by atoms with van der Waals surface area (Å²) in [6, 6.07) is 0. The van der Waals surface area contributed by atoms with E-state index in [1.54, 1.807) is 6.08 Å². The summed E-state index contributed by atoms with van der Waals surface area (Å²) in [4.78, 5) is 37.9. The van der Waals surface area contributed by atoms with Crippen LogP contribution in [0.1, 0.15) is 239 Å². The Labute approximate surface area is 388 Å². The molecule has 0 aromatic heterocycles. The molecule has 6 nitrogen and oxygen atoms in total. The summed E-state index contributed by atoms with van der Waals surface area (Å²) in [5, 5.41) is 0. The van der Waals surface area contributed by atoms with Gasteiger partial charge in [0.15, 0.2) is 6.10 Å². The lowest BCUT2D eigenvalue weighted by Gasteiger charge is -2.18. The van der Waals surface area contributed by atoms with Gasteiger partial charge in [0.1, 0.15) is 13.2 Å². The van der Waals surface area contributed by atoms with Crippen molar-refractivity contribution in [2.75, 3.05) is 13.2 Å². The second-order valence-corrected chi connectivity index (χ2v) is 17.1. The van der Waals surface area contributed by atoms with Gasteiger partial charge in [-0.05, 0) is 96.3 Å². The summed E-state index contributed by atoms with van der Waals surface area (Å²) < 4.78 is 16.7. The molecule has 0 saturated heterocycles. The highest BCUT2D eigenvalue weighted by Crippen LogP contribution is 2.13. The van der Waals surface area contributed by atoms with E-state index >= 15 is 0 Å². The monoisotopic (exact) mass is 877 g/mol. The smallest absolute Gasteiger partial charge is 0.310 e. The maximum atomic E-state index is 12.7. The third kappa shape index (κ3) is 49.5. The zero-order chi connectivity index (χ0) is 45.8. The van der Waals surface area contributed by atoms with Gasteiger partial charge in [-0.2, -0.15) is 0 Å². The molecule has 360 valence electrons. The molecular formula is C57H96O6. The van der Waals surface area contributed by atoms with Crippen LogP contribution in [0.5, 0.6) is 0 Å². The second kappa shape index (κ2) is 51.2. The van der Waals surface area contributed by atoms with Gasteiger partial charge in [0.2, 0.25) is 0 Å². The van der Waals surface area contributed by atoms with Gasteiger partial charge in [-0.3, -0.25) is 14.4 Å². The minimum Gasteiger partial charge on any atom is -0.462 e. The topological polar surface area (TPSA) is 78.9 Å². The van der Waals surface area contributed by atoms with Gasteiger partial charge in [-0.25, -0.2) is 0 Å². The van der Waals surface area contributed by atoms with Crippen LogP contribution in [0.15, 0.2) is 85.1 Å². The van der Waals surface area contributed by atoms with Crippen molar-refractivity contribution in [1.29, 1.82) is 0 Å². The Balaban J connectivity index is 4.53. The first-order chi connectivity index (χ1) is 31.0. The van der Waals surface area contributed by atoms with Crippen LogP contribution in [-0.4, -0.2) is 37.2 Å². The van der Waals surface area contributed by atoms with E-state index in [0.29, 0.717) is 12.8 Å². The molecule has 0 aromatic carbocycles. The Kier molecular flexibility index (Phi) is 48.5. The van der Waals surface area contributed by atoms with Crippen LogP contribution in [0.4, 0.5) is 0 Å². The fraction of sp³-hybridized carbons (Fsp3) is 0.702. The number of unbranched alkanes of at least 4 members (excludes halogenated alkanes) is 22. The summed E-state index contributed by atoms with van der Waals surface area (Å²) in [5.41, 5.74) is 0. The lowest BCUT2D eigenvalue weighted by atomic mass is 10.1. The predicted molar refractivity (Wildman–Crippen MR) is 270 cm³/mol. The zero-order valence-corrected chi connectivity index (χ0v) is 41.1. The summed E-state index contributed by atoms with van der Waals surface area (Å²) in [6.45, 7) is 6.41. The molecule has 0 amide bonds. The molecule has 0 aliphatic carbocycles. The molecule has 0 aromatic rings. The normalized spacial score (nSPS) is 12.7. The van der Waals surface area contributed by atoms with Gasteiger partial charge in [-0.15, -0.1) is 0 Å². The molecule has 1 atom stereocenters. The SMILES string of the molecule is CC/C=C\C/C=C\C/C=C\C/C=C\C/C=C\CC(=O)OC(COC(=O)CCCCCCC/C=C\CCCCCCC)COC(=O)CCCCCCC/C=C\CCCCCCCCC. The third-order valence-corrected chi connectivity index (χ3v) is 10.9. The molecule has 0 rings (SSSR count). The Morgan fingerprint density at radius 3 is 1.03 bits per heavy atom. The summed E-state index contributed by atoms with van der Waals surface area (Å²) >= 11 is 0. The first kappa shape index (κ1) is 59.6. The van der Waals surface area contributed by atoms with Gasteiger partial charge in [-0.1, -0.05) is 209 Å². The van der Waals surface area contributed by atoms with Gasteiger partial charge in [0.05, 0.1) is 6.42 Å². The lowest BCUT2D eigenvalue weighted by molar-refractivity contribution is -0.166. The molecule has 0 bridgehead atoms. The van der Waals surface area contributed by atoms with Crippen LogP contribution in [-0.2, 0) is 28.6 Å². The molecule has 0 N–H and O–H groups in total. The molecular weight excluding hydrogens is 781 g/mol. The molecule has 0 heterocycles. The van der Waals surface area contributed by atoms with Crippen LogP contribution in [0.2, 0.25) is 0 Å². The number of carbonyl (C=O) groups is 3. The third-order valence-electron chi connectivity index (χ3n) is 10.9.